The molecule has 3 rings (SSSR count). The molecule has 6 heteroatoms. The number of methoxy groups -OCH3 is 1. The third-order valence-electron chi connectivity index (χ3n) is 5.12. The van der Waals surface area contributed by atoms with E-state index in [1.54, 1.807) is 12.0 Å². The highest BCUT2D eigenvalue weighted by molar-refractivity contribution is 6.00. The topological polar surface area (TPSA) is 65.1 Å². The van der Waals surface area contributed by atoms with Gasteiger partial charge in [0.05, 0.1) is 38.0 Å². The van der Waals surface area contributed by atoms with Crippen LogP contribution in [0.2, 0.25) is 0 Å². The number of hydrogen-bond donors (Lipinski definition) is 0. The Kier molecular flexibility index (Phi) is 5.47. The summed E-state index contributed by atoms with van der Waals surface area (Å²) in [6.45, 7) is 8.41. The Morgan fingerprint density at radius 3 is 2.33 bits per heavy atom. The van der Waals surface area contributed by atoms with Crippen molar-refractivity contribution in [2.24, 2.45) is 5.92 Å². The first-order valence-corrected chi connectivity index (χ1v) is 9.47. The Hall–Kier alpha value is -2.08. The molecule has 2 fully saturated rings. The maximum Gasteiger partial charge on any atom is 0.410 e. The van der Waals surface area contributed by atoms with Crippen LogP contribution >= 0.6 is 0 Å². The van der Waals surface area contributed by atoms with E-state index in [9.17, 15) is 9.59 Å². The van der Waals surface area contributed by atoms with Gasteiger partial charge in [0.2, 0.25) is 0 Å². The second-order valence-corrected chi connectivity index (χ2v) is 8.47. The zero-order chi connectivity index (χ0) is 19.8. The number of rotatable bonds is 3. The first-order valence-electron chi connectivity index (χ1n) is 9.47. The van der Waals surface area contributed by atoms with Crippen molar-refractivity contribution in [3.63, 3.8) is 0 Å². The van der Waals surface area contributed by atoms with Crippen molar-refractivity contribution in [1.82, 2.24) is 4.90 Å². The number of ketones is 1. The Morgan fingerprint density at radius 2 is 1.78 bits per heavy atom. The summed E-state index contributed by atoms with van der Waals surface area (Å²) in [5, 5.41) is 0. The van der Waals surface area contributed by atoms with Gasteiger partial charge in [-0.25, -0.2) is 4.79 Å². The maximum absolute atomic E-state index is 13.2. The van der Waals surface area contributed by atoms with Crippen molar-refractivity contribution < 1.29 is 23.8 Å². The zero-order valence-corrected chi connectivity index (χ0v) is 16.8. The number of amides is 1. The number of piperidine rings is 1. The fourth-order valence-corrected chi connectivity index (χ4v) is 3.96. The lowest BCUT2D eigenvalue weighted by Gasteiger charge is -2.47. The predicted octanol–water partition coefficient (Wildman–Crippen LogP) is 3.60. The summed E-state index contributed by atoms with van der Waals surface area (Å²) in [6.07, 6.45) is 0.830. The number of benzene rings is 1. The summed E-state index contributed by atoms with van der Waals surface area (Å²) < 4.78 is 16.6. The summed E-state index contributed by atoms with van der Waals surface area (Å²) in [5.41, 5.74) is 1.11. The van der Waals surface area contributed by atoms with E-state index >= 15 is 0 Å². The normalized spacial score (nSPS) is 25.1. The van der Waals surface area contributed by atoms with Gasteiger partial charge in [-0.1, -0.05) is 6.07 Å². The number of nitrogens with zero attached hydrogens (tertiary/aromatic N) is 1. The summed E-state index contributed by atoms with van der Waals surface area (Å²) in [7, 11) is 1.58. The van der Waals surface area contributed by atoms with Crippen LogP contribution in [0.15, 0.2) is 18.2 Å². The smallest absolute Gasteiger partial charge is 0.410 e. The average molecular weight is 375 g/mol. The number of ether oxygens (including phenoxy) is 3. The molecule has 0 N–H and O–H groups in total. The largest absolute Gasteiger partial charge is 0.496 e. The van der Waals surface area contributed by atoms with Gasteiger partial charge in [-0.05, 0) is 58.2 Å². The quantitative estimate of drug-likeness (QED) is 0.755. The number of Topliss-reactive ketones (excluding diaryl/α,β-unsaturated/α-hetero) is 1. The molecule has 2 unspecified atom stereocenters. The number of carbonyl (C=O) groups excluding carboxylic acids is 2. The Balaban J connectivity index is 1.78. The minimum absolute atomic E-state index is 0.0765. The highest BCUT2D eigenvalue weighted by Gasteiger charge is 2.45. The van der Waals surface area contributed by atoms with Crippen LogP contribution in [0.4, 0.5) is 4.79 Å². The van der Waals surface area contributed by atoms with Gasteiger partial charge < -0.3 is 14.2 Å². The Bertz CT molecular complexity index is 710. The maximum atomic E-state index is 13.2. The number of fused-ring (bicyclic) bond motifs is 2. The lowest BCUT2D eigenvalue weighted by molar-refractivity contribution is -0.0861. The van der Waals surface area contributed by atoms with Crippen LogP contribution in [0.1, 0.15) is 49.5 Å². The molecule has 2 heterocycles. The van der Waals surface area contributed by atoms with Crippen LogP contribution in [0, 0.1) is 12.8 Å². The number of morpholine rings is 1. The van der Waals surface area contributed by atoms with Gasteiger partial charge in [0, 0.05) is 5.92 Å². The van der Waals surface area contributed by atoms with E-state index in [1.807, 2.05) is 45.9 Å². The van der Waals surface area contributed by atoms with Gasteiger partial charge in [-0.3, -0.25) is 9.69 Å². The standard InChI is InChI=1S/C21H29NO5/c1-13-6-7-17(18(8-13)25-5)19(23)14-9-15-11-26-12-16(10-14)22(15)20(24)27-21(2,3)4/h6-8,14-16H,9-12H2,1-5H3. The molecule has 1 amide bonds. The number of carbonyl (C=O) groups is 2. The lowest BCUT2D eigenvalue weighted by Crippen LogP contribution is -2.60. The first kappa shape index (κ1) is 19.7. The molecule has 2 aliphatic heterocycles. The predicted molar refractivity (Wildman–Crippen MR) is 101 cm³/mol. The molecule has 0 aromatic heterocycles. The van der Waals surface area contributed by atoms with Crippen LogP contribution in [-0.4, -0.2) is 54.8 Å². The molecular weight excluding hydrogens is 346 g/mol. The van der Waals surface area contributed by atoms with Crippen molar-refractivity contribution in [2.75, 3.05) is 20.3 Å². The molecular formula is C21H29NO5. The van der Waals surface area contributed by atoms with Gasteiger partial charge >= 0.3 is 6.09 Å². The fourth-order valence-electron chi connectivity index (χ4n) is 3.96. The molecule has 2 atom stereocenters. The molecule has 1 aromatic rings. The molecule has 6 nitrogen and oxygen atoms in total. The summed E-state index contributed by atoms with van der Waals surface area (Å²) in [4.78, 5) is 27.6. The van der Waals surface area contributed by atoms with E-state index in [-0.39, 0.29) is 29.9 Å². The molecule has 148 valence electrons. The fraction of sp³-hybridized carbons (Fsp3) is 0.619. The minimum atomic E-state index is -0.547. The molecule has 2 bridgehead atoms. The summed E-state index contributed by atoms with van der Waals surface area (Å²) in [5.74, 6) is 0.530. The van der Waals surface area contributed by atoms with Gasteiger partial charge in [-0.15, -0.1) is 0 Å². The molecule has 0 spiro atoms. The van der Waals surface area contributed by atoms with Crippen LogP contribution in [0.5, 0.6) is 5.75 Å². The van der Waals surface area contributed by atoms with Crippen LogP contribution in [0.25, 0.3) is 0 Å². The van der Waals surface area contributed by atoms with Gasteiger partial charge in [0.25, 0.3) is 0 Å². The van der Waals surface area contributed by atoms with E-state index < -0.39 is 5.60 Å². The van der Waals surface area contributed by atoms with Crippen molar-refractivity contribution in [2.45, 2.75) is 58.2 Å². The molecule has 27 heavy (non-hydrogen) atoms. The van der Waals surface area contributed by atoms with Crippen molar-refractivity contribution in [1.29, 1.82) is 0 Å². The van der Waals surface area contributed by atoms with Crippen molar-refractivity contribution >= 4 is 11.9 Å². The second-order valence-electron chi connectivity index (χ2n) is 8.47. The molecule has 1 aromatic carbocycles. The Labute approximate surface area is 160 Å². The average Bonchev–Trinajstić information content (AvgIpc) is 2.58. The van der Waals surface area contributed by atoms with Crippen LogP contribution in [0.3, 0.4) is 0 Å². The zero-order valence-electron chi connectivity index (χ0n) is 16.8. The summed E-state index contributed by atoms with van der Waals surface area (Å²) >= 11 is 0. The molecule has 0 aliphatic carbocycles. The monoisotopic (exact) mass is 375 g/mol. The highest BCUT2D eigenvalue weighted by Crippen LogP contribution is 2.36. The van der Waals surface area contributed by atoms with Gasteiger partial charge in [0.15, 0.2) is 5.78 Å². The third-order valence-corrected chi connectivity index (χ3v) is 5.12. The van der Waals surface area contributed by atoms with Crippen LogP contribution in [-0.2, 0) is 9.47 Å². The third kappa shape index (κ3) is 4.26. The van der Waals surface area contributed by atoms with Gasteiger partial charge in [-0.2, -0.15) is 0 Å². The number of aryl methyl sites for hydroxylation is 1. The SMILES string of the molecule is COc1cc(C)ccc1C(=O)C1CC2COCC(C1)N2C(=O)OC(C)(C)C. The van der Waals surface area contributed by atoms with Crippen molar-refractivity contribution in [3.05, 3.63) is 29.3 Å². The van der Waals surface area contributed by atoms with E-state index in [1.165, 1.54) is 0 Å². The highest BCUT2D eigenvalue weighted by atomic mass is 16.6. The minimum Gasteiger partial charge on any atom is -0.496 e. The molecule has 0 radical (unpaired) electrons. The van der Waals surface area contributed by atoms with E-state index in [0.717, 1.165) is 5.56 Å². The van der Waals surface area contributed by atoms with E-state index in [0.29, 0.717) is 37.4 Å². The first-order chi connectivity index (χ1) is 12.7. The molecule has 2 saturated heterocycles. The van der Waals surface area contributed by atoms with Crippen LogP contribution < -0.4 is 4.74 Å². The van der Waals surface area contributed by atoms with E-state index in [4.69, 9.17) is 14.2 Å². The van der Waals surface area contributed by atoms with E-state index in [2.05, 4.69) is 0 Å². The molecule has 0 saturated carbocycles. The lowest BCUT2D eigenvalue weighted by atomic mass is 9.80. The van der Waals surface area contributed by atoms with Crippen molar-refractivity contribution in [3.8, 4) is 5.75 Å². The van der Waals surface area contributed by atoms with Gasteiger partial charge in [0.1, 0.15) is 11.4 Å². The summed E-state index contributed by atoms with van der Waals surface area (Å²) in [6, 6.07) is 5.36. The second kappa shape index (κ2) is 7.50. The molecule has 2 aliphatic rings. The Morgan fingerprint density at radius 1 is 1.15 bits per heavy atom. The number of hydrogen-bond acceptors (Lipinski definition) is 5.